The first-order valence-corrected chi connectivity index (χ1v) is 5.44. The number of methoxy groups -OCH3 is 1. The number of hydrogen-bond donors (Lipinski definition) is 0. The minimum Gasteiger partial charge on any atom is -0.617 e. The van der Waals surface area contributed by atoms with Crippen molar-refractivity contribution in [1.29, 1.82) is 0 Å². The molecule has 0 radical (unpaired) electrons. The fraction of sp³-hybridized carbons (Fsp3) is 0.0769. The zero-order valence-electron chi connectivity index (χ0n) is 9.66. The summed E-state index contributed by atoms with van der Waals surface area (Å²) >= 11 is 0. The number of para-hydroxylation sites is 3. The SMILES string of the molecule is COc1cccc2c1[n+]([O-])c1ccccc1[n+]2[O-]. The van der Waals surface area contributed by atoms with Crippen molar-refractivity contribution in [2.75, 3.05) is 7.11 Å². The Balaban J connectivity index is 2.63. The van der Waals surface area contributed by atoms with E-state index in [0.29, 0.717) is 22.3 Å². The highest BCUT2D eigenvalue weighted by Gasteiger charge is 2.23. The largest absolute Gasteiger partial charge is 0.617 e. The van der Waals surface area contributed by atoms with Crippen LogP contribution in [-0.4, -0.2) is 7.11 Å². The van der Waals surface area contributed by atoms with Crippen LogP contribution in [0.4, 0.5) is 0 Å². The predicted molar refractivity (Wildman–Crippen MR) is 65.9 cm³/mol. The van der Waals surface area contributed by atoms with Gasteiger partial charge in [0.05, 0.1) is 7.11 Å². The van der Waals surface area contributed by atoms with Crippen LogP contribution in [0.2, 0.25) is 0 Å². The molecule has 0 bridgehead atoms. The molecule has 0 aliphatic rings. The van der Waals surface area contributed by atoms with Crippen LogP contribution >= 0.6 is 0 Å². The van der Waals surface area contributed by atoms with Gasteiger partial charge in [-0.25, -0.2) is 0 Å². The van der Waals surface area contributed by atoms with E-state index in [-0.39, 0.29) is 5.52 Å². The Kier molecular flexibility index (Phi) is 2.19. The van der Waals surface area contributed by atoms with Crippen molar-refractivity contribution in [2.45, 2.75) is 0 Å². The number of ether oxygens (including phenoxy) is 1. The summed E-state index contributed by atoms with van der Waals surface area (Å²) in [5.41, 5.74) is 1.20. The van der Waals surface area contributed by atoms with E-state index in [2.05, 4.69) is 0 Å². The molecule has 5 heteroatoms. The highest BCUT2D eigenvalue weighted by Crippen LogP contribution is 2.21. The van der Waals surface area contributed by atoms with E-state index in [1.165, 1.54) is 7.11 Å². The maximum Gasteiger partial charge on any atom is 0.332 e. The summed E-state index contributed by atoms with van der Waals surface area (Å²) in [6.07, 6.45) is 0. The Morgan fingerprint density at radius 1 is 0.833 bits per heavy atom. The summed E-state index contributed by atoms with van der Waals surface area (Å²) < 4.78 is 6.62. The molecule has 3 aromatic rings. The molecule has 0 aliphatic carbocycles. The molecule has 5 nitrogen and oxygen atoms in total. The van der Waals surface area contributed by atoms with Crippen molar-refractivity contribution in [3.8, 4) is 5.75 Å². The predicted octanol–water partition coefficient (Wildman–Crippen LogP) is 1.27. The molecular weight excluding hydrogens is 232 g/mol. The average molecular weight is 242 g/mol. The van der Waals surface area contributed by atoms with Gasteiger partial charge in [0.2, 0.25) is 0 Å². The summed E-state index contributed by atoms with van der Waals surface area (Å²) in [5.74, 6) is 0.387. The highest BCUT2D eigenvalue weighted by atomic mass is 16.5. The van der Waals surface area contributed by atoms with Crippen molar-refractivity contribution in [1.82, 2.24) is 0 Å². The van der Waals surface area contributed by atoms with Crippen LogP contribution in [-0.2, 0) is 0 Å². The van der Waals surface area contributed by atoms with Crippen LogP contribution < -0.4 is 14.2 Å². The van der Waals surface area contributed by atoms with Gasteiger partial charge in [0.15, 0.2) is 5.75 Å². The lowest BCUT2D eigenvalue weighted by atomic mass is 10.2. The molecule has 0 atom stereocenters. The molecule has 0 spiro atoms. The zero-order valence-corrected chi connectivity index (χ0v) is 9.66. The van der Waals surface area contributed by atoms with Crippen LogP contribution in [0, 0.1) is 10.4 Å². The van der Waals surface area contributed by atoms with E-state index < -0.39 is 0 Å². The third-order valence-electron chi connectivity index (χ3n) is 2.94. The fourth-order valence-electron chi connectivity index (χ4n) is 2.10. The monoisotopic (exact) mass is 242 g/mol. The molecule has 2 aromatic carbocycles. The van der Waals surface area contributed by atoms with Gasteiger partial charge in [0, 0.05) is 18.2 Å². The number of rotatable bonds is 1. The van der Waals surface area contributed by atoms with Gasteiger partial charge in [-0.05, 0) is 6.07 Å². The van der Waals surface area contributed by atoms with Crippen LogP contribution in [0.5, 0.6) is 5.75 Å². The first kappa shape index (κ1) is 10.6. The molecule has 0 amide bonds. The van der Waals surface area contributed by atoms with Crippen LogP contribution in [0.3, 0.4) is 0 Å². The molecular formula is C13H10N2O3. The number of hydrogen-bond acceptors (Lipinski definition) is 3. The lowest BCUT2D eigenvalue weighted by Crippen LogP contribution is -2.39. The summed E-state index contributed by atoms with van der Waals surface area (Å²) in [4.78, 5) is 0. The molecule has 18 heavy (non-hydrogen) atoms. The molecule has 0 saturated heterocycles. The second-order valence-corrected chi connectivity index (χ2v) is 3.91. The van der Waals surface area contributed by atoms with Crippen molar-refractivity contribution >= 4 is 22.1 Å². The topological polar surface area (TPSA) is 63.1 Å². The van der Waals surface area contributed by atoms with Crippen molar-refractivity contribution in [3.05, 3.63) is 52.9 Å². The van der Waals surface area contributed by atoms with Gasteiger partial charge >= 0.3 is 5.52 Å². The third kappa shape index (κ3) is 1.27. The fourth-order valence-corrected chi connectivity index (χ4v) is 2.10. The summed E-state index contributed by atoms with van der Waals surface area (Å²) in [6.45, 7) is 0. The lowest BCUT2D eigenvalue weighted by Gasteiger charge is -2.09. The molecule has 0 N–H and O–H groups in total. The second-order valence-electron chi connectivity index (χ2n) is 3.91. The van der Waals surface area contributed by atoms with E-state index >= 15 is 0 Å². The molecule has 0 aliphatic heterocycles. The standard InChI is InChI=1S/C13H10N2O3/c1-18-12-8-4-7-11-13(12)15(17)10-6-3-2-5-9(10)14(11)16/h2-8H,1H3. The van der Waals surface area contributed by atoms with Gasteiger partial charge in [-0.3, -0.25) is 0 Å². The van der Waals surface area contributed by atoms with Crippen molar-refractivity contribution in [2.24, 2.45) is 0 Å². The number of aromatic nitrogens is 2. The van der Waals surface area contributed by atoms with Gasteiger partial charge in [0.25, 0.3) is 16.6 Å². The molecule has 0 fully saturated rings. The van der Waals surface area contributed by atoms with Gasteiger partial charge < -0.3 is 15.2 Å². The quantitative estimate of drug-likeness (QED) is 0.366. The van der Waals surface area contributed by atoms with E-state index in [1.54, 1.807) is 42.5 Å². The first-order valence-electron chi connectivity index (χ1n) is 5.44. The maximum atomic E-state index is 12.3. The second kappa shape index (κ2) is 3.73. The lowest BCUT2D eigenvalue weighted by molar-refractivity contribution is -0.591. The van der Waals surface area contributed by atoms with E-state index in [4.69, 9.17) is 4.74 Å². The number of fused-ring (bicyclic) bond motifs is 2. The number of benzene rings is 2. The summed E-state index contributed by atoms with van der Waals surface area (Å²) in [7, 11) is 1.47. The van der Waals surface area contributed by atoms with Crippen molar-refractivity contribution in [3.63, 3.8) is 0 Å². The maximum absolute atomic E-state index is 12.3. The Hall–Kier alpha value is -2.56. The van der Waals surface area contributed by atoms with Gasteiger partial charge in [-0.2, -0.15) is 9.46 Å². The minimum absolute atomic E-state index is 0.244. The van der Waals surface area contributed by atoms with E-state index in [1.807, 2.05) is 0 Å². The zero-order chi connectivity index (χ0) is 12.7. The summed E-state index contributed by atoms with van der Waals surface area (Å²) in [6, 6.07) is 11.6. The summed E-state index contributed by atoms with van der Waals surface area (Å²) in [5, 5.41) is 24.5. The Morgan fingerprint density at radius 3 is 2.11 bits per heavy atom. The third-order valence-corrected chi connectivity index (χ3v) is 2.94. The van der Waals surface area contributed by atoms with Crippen molar-refractivity contribution < 1.29 is 14.2 Å². The smallest absolute Gasteiger partial charge is 0.332 e. The first-order chi connectivity index (χ1) is 8.74. The molecule has 90 valence electrons. The van der Waals surface area contributed by atoms with E-state index in [0.717, 1.165) is 9.46 Å². The molecule has 1 aromatic heterocycles. The molecule has 1 heterocycles. The normalized spacial score (nSPS) is 10.9. The molecule has 0 unspecified atom stereocenters. The van der Waals surface area contributed by atoms with Gasteiger partial charge in [-0.1, -0.05) is 18.2 Å². The van der Waals surface area contributed by atoms with Crippen LogP contribution in [0.15, 0.2) is 42.5 Å². The van der Waals surface area contributed by atoms with E-state index in [9.17, 15) is 10.4 Å². The Morgan fingerprint density at radius 2 is 1.44 bits per heavy atom. The molecule has 3 rings (SSSR count). The van der Waals surface area contributed by atoms with Gasteiger partial charge in [0.1, 0.15) is 0 Å². The highest BCUT2D eigenvalue weighted by molar-refractivity contribution is 5.80. The Labute approximate surface area is 103 Å². The Bertz CT molecular complexity index is 756. The van der Waals surface area contributed by atoms with Gasteiger partial charge in [-0.15, -0.1) is 0 Å². The van der Waals surface area contributed by atoms with Crippen LogP contribution in [0.25, 0.3) is 22.1 Å². The minimum atomic E-state index is 0.244. The van der Waals surface area contributed by atoms with Crippen LogP contribution in [0.1, 0.15) is 0 Å². The number of nitrogens with zero attached hydrogens (tertiary/aromatic N) is 2. The average Bonchev–Trinajstić information content (AvgIpc) is 2.44. The molecule has 0 saturated carbocycles.